The van der Waals surface area contributed by atoms with E-state index in [2.05, 4.69) is 27.7 Å². The normalized spacial score (nSPS) is 14.4. The molecule has 0 saturated heterocycles. The van der Waals surface area contributed by atoms with Gasteiger partial charge in [0.1, 0.15) is 11.6 Å². The van der Waals surface area contributed by atoms with Crippen LogP contribution in [0.15, 0.2) is 41.3 Å². The van der Waals surface area contributed by atoms with E-state index < -0.39 is 0 Å². The van der Waals surface area contributed by atoms with Gasteiger partial charge >= 0.3 is 10.5 Å². The molecule has 4 aromatic rings. The molecule has 0 unspecified atom stereocenters. The summed E-state index contributed by atoms with van der Waals surface area (Å²) in [6.07, 6.45) is 6.76. The van der Waals surface area contributed by atoms with Crippen LogP contribution < -0.4 is 9.96 Å². The molecule has 3 aromatic heterocycles. The molecule has 1 aliphatic carbocycles. The Morgan fingerprint density at radius 3 is 2.74 bits per heavy atom. The quantitative estimate of drug-likeness (QED) is 0.524. The van der Waals surface area contributed by atoms with E-state index in [0.717, 1.165) is 28.0 Å². The summed E-state index contributed by atoms with van der Waals surface area (Å²) >= 11 is 3.44. The zero-order valence-electron chi connectivity index (χ0n) is 12.5. The maximum Gasteiger partial charge on any atom is 0.348 e. The van der Waals surface area contributed by atoms with Crippen LogP contribution in [0.1, 0.15) is 23.3 Å². The molecule has 3 heterocycles. The molecule has 0 saturated carbocycles. The highest BCUT2D eigenvalue weighted by Crippen LogP contribution is 2.34. The molecule has 3 nitrogen and oxygen atoms in total. The van der Waals surface area contributed by atoms with Crippen molar-refractivity contribution in [1.82, 2.24) is 4.98 Å². The van der Waals surface area contributed by atoms with Crippen LogP contribution in [0, 0.1) is 0 Å². The lowest BCUT2D eigenvalue weighted by atomic mass is 9.97. The van der Waals surface area contributed by atoms with Crippen LogP contribution in [0.5, 0.6) is 0 Å². The van der Waals surface area contributed by atoms with Crippen molar-refractivity contribution in [2.24, 2.45) is 0 Å². The molecule has 0 radical (unpaired) electrons. The average Bonchev–Trinajstić information content (AvgIpc) is 3.17. The zero-order valence-corrected chi connectivity index (χ0v) is 14.1. The monoisotopic (exact) mass is 339 g/mol. The number of aromatic amines is 1. The molecule has 0 amide bonds. The molecule has 1 N–H and O–H groups in total. The van der Waals surface area contributed by atoms with Crippen LogP contribution in [-0.2, 0) is 12.8 Å². The Bertz CT molecular complexity index is 1090. The first kappa shape index (κ1) is 13.5. The van der Waals surface area contributed by atoms with Crippen LogP contribution in [-0.4, -0.2) is 4.98 Å². The molecule has 23 heavy (non-hydrogen) atoms. The van der Waals surface area contributed by atoms with Gasteiger partial charge in [0.25, 0.3) is 0 Å². The Hall–Kier alpha value is -1.98. The van der Waals surface area contributed by atoms with E-state index in [4.69, 9.17) is 0 Å². The molecular formula is C18H15N2OS2+. The predicted octanol–water partition coefficient (Wildman–Crippen LogP) is 3.94. The fourth-order valence-electron chi connectivity index (χ4n) is 3.44. The summed E-state index contributed by atoms with van der Waals surface area (Å²) in [5.41, 5.74) is 2.55. The summed E-state index contributed by atoms with van der Waals surface area (Å²) in [7, 11) is 0. The van der Waals surface area contributed by atoms with Gasteiger partial charge in [0.05, 0.1) is 4.88 Å². The first-order valence-corrected chi connectivity index (χ1v) is 9.52. The fourth-order valence-corrected chi connectivity index (χ4v) is 5.87. The van der Waals surface area contributed by atoms with Crippen LogP contribution in [0.2, 0.25) is 0 Å². The SMILES string of the molecule is O=c1[nH]c2sc(-c3ccccc3)c[n+]2c2sc3c(c12)CCCC3. The maximum absolute atomic E-state index is 12.6. The third-order valence-electron chi connectivity index (χ3n) is 4.55. The van der Waals surface area contributed by atoms with Crippen molar-refractivity contribution >= 4 is 37.9 Å². The second-order valence-electron chi connectivity index (χ2n) is 5.98. The van der Waals surface area contributed by atoms with Gasteiger partial charge in [-0.25, -0.2) is 4.79 Å². The van der Waals surface area contributed by atoms with Crippen molar-refractivity contribution < 1.29 is 4.40 Å². The molecule has 1 aromatic carbocycles. The number of thiazole rings is 1. The van der Waals surface area contributed by atoms with Gasteiger partial charge in [-0.15, -0.1) is 0 Å². The summed E-state index contributed by atoms with van der Waals surface area (Å²) < 4.78 is 2.17. The number of aryl methyl sites for hydroxylation is 2. The lowest BCUT2D eigenvalue weighted by Gasteiger charge is -2.08. The van der Waals surface area contributed by atoms with Crippen molar-refractivity contribution in [3.63, 3.8) is 0 Å². The van der Waals surface area contributed by atoms with E-state index >= 15 is 0 Å². The van der Waals surface area contributed by atoms with Gasteiger partial charge in [-0.05, 0) is 48.1 Å². The fraction of sp³-hybridized carbons (Fsp3) is 0.222. The lowest BCUT2D eigenvalue weighted by molar-refractivity contribution is -0.476. The van der Waals surface area contributed by atoms with Crippen molar-refractivity contribution in [2.75, 3.05) is 0 Å². The topological polar surface area (TPSA) is 37.0 Å². The van der Waals surface area contributed by atoms with E-state index in [1.807, 2.05) is 18.2 Å². The highest BCUT2D eigenvalue weighted by molar-refractivity contribution is 7.20. The summed E-state index contributed by atoms with van der Waals surface area (Å²) in [6, 6.07) is 10.3. The van der Waals surface area contributed by atoms with Gasteiger partial charge in [0, 0.05) is 4.88 Å². The first-order valence-electron chi connectivity index (χ1n) is 7.88. The minimum atomic E-state index is 0.0702. The highest BCUT2D eigenvalue weighted by Gasteiger charge is 2.25. The zero-order chi connectivity index (χ0) is 15.4. The van der Waals surface area contributed by atoms with E-state index in [-0.39, 0.29) is 5.56 Å². The Morgan fingerprint density at radius 2 is 1.87 bits per heavy atom. The van der Waals surface area contributed by atoms with E-state index in [9.17, 15) is 4.79 Å². The van der Waals surface area contributed by atoms with E-state index in [1.165, 1.54) is 33.7 Å². The number of nitrogens with one attached hydrogen (secondary N) is 1. The Balaban J connectivity index is 1.84. The van der Waals surface area contributed by atoms with Gasteiger partial charge in [0.15, 0.2) is 0 Å². The van der Waals surface area contributed by atoms with Crippen molar-refractivity contribution in [3.8, 4) is 10.4 Å². The molecule has 0 fully saturated rings. The number of hydrogen-bond acceptors (Lipinski definition) is 3. The third-order valence-corrected chi connectivity index (χ3v) is 6.89. The summed E-state index contributed by atoms with van der Waals surface area (Å²) in [5, 5.41) is 0.916. The van der Waals surface area contributed by atoms with E-state index in [1.54, 1.807) is 22.7 Å². The highest BCUT2D eigenvalue weighted by atomic mass is 32.1. The number of aromatic nitrogens is 2. The van der Waals surface area contributed by atoms with Crippen LogP contribution in [0.25, 0.3) is 25.6 Å². The summed E-state index contributed by atoms with van der Waals surface area (Å²) in [6.45, 7) is 0. The summed E-state index contributed by atoms with van der Waals surface area (Å²) in [5.74, 6) is 0. The van der Waals surface area contributed by atoms with Gasteiger partial charge in [-0.2, -0.15) is 9.38 Å². The van der Waals surface area contributed by atoms with Gasteiger partial charge in [0.2, 0.25) is 4.83 Å². The molecule has 0 aliphatic heterocycles. The van der Waals surface area contributed by atoms with Crippen LogP contribution in [0.4, 0.5) is 0 Å². The number of rotatable bonds is 1. The molecule has 0 bridgehead atoms. The van der Waals surface area contributed by atoms with E-state index in [0.29, 0.717) is 0 Å². The number of fused-ring (bicyclic) bond motifs is 5. The molecule has 0 atom stereocenters. The number of thiophene rings is 1. The molecule has 5 rings (SSSR count). The molecule has 5 heteroatoms. The number of hydrogen-bond donors (Lipinski definition) is 1. The first-order chi connectivity index (χ1) is 11.3. The maximum atomic E-state index is 12.6. The van der Waals surface area contributed by atoms with Gasteiger partial charge < -0.3 is 0 Å². The Kier molecular flexibility index (Phi) is 2.93. The Morgan fingerprint density at radius 1 is 1.04 bits per heavy atom. The second kappa shape index (κ2) is 5.01. The minimum absolute atomic E-state index is 0.0702. The van der Waals surface area contributed by atoms with Crippen molar-refractivity contribution in [2.45, 2.75) is 25.7 Å². The van der Waals surface area contributed by atoms with Crippen LogP contribution in [0.3, 0.4) is 0 Å². The number of benzene rings is 1. The second-order valence-corrected chi connectivity index (χ2v) is 8.10. The average molecular weight is 339 g/mol. The minimum Gasteiger partial charge on any atom is -0.241 e. The smallest absolute Gasteiger partial charge is 0.241 e. The van der Waals surface area contributed by atoms with Crippen molar-refractivity contribution in [1.29, 1.82) is 0 Å². The standard InChI is InChI=1S/C18H14N2OS2/c21-16-15-12-8-4-5-9-13(12)22-17(15)20-10-14(23-18(20)19-16)11-6-2-1-3-7-11/h1-3,6-7,10H,4-5,8-9H2/p+1. The van der Waals surface area contributed by atoms with Crippen molar-refractivity contribution in [3.05, 3.63) is 57.3 Å². The predicted molar refractivity (Wildman–Crippen MR) is 95.6 cm³/mol. The lowest BCUT2D eigenvalue weighted by Crippen LogP contribution is -2.25. The number of nitrogens with zero attached hydrogens (tertiary/aromatic N) is 1. The molecule has 0 spiro atoms. The van der Waals surface area contributed by atoms with Gasteiger partial charge in [-0.3, -0.25) is 0 Å². The summed E-state index contributed by atoms with van der Waals surface area (Å²) in [4.78, 5) is 20.3. The Labute approximate surface area is 140 Å². The molecule has 1 aliphatic rings. The molecular weight excluding hydrogens is 324 g/mol. The van der Waals surface area contributed by atoms with Gasteiger partial charge in [-0.1, -0.05) is 41.7 Å². The third kappa shape index (κ3) is 2.00. The van der Waals surface area contributed by atoms with Crippen LogP contribution >= 0.6 is 22.7 Å². The molecule has 114 valence electrons. The largest absolute Gasteiger partial charge is 0.348 e. The number of H-pyrrole nitrogens is 1.